The number of aliphatic hydroxyl groups excluding tert-OH is 1. The molecule has 1 saturated carbocycles. The quantitative estimate of drug-likeness (QED) is 0.422. The summed E-state index contributed by atoms with van der Waals surface area (Å²) < 4.78 is 0. The molecule has 1 aliphatic carbocycles. The van der Waals surface area contributed by atoms with Crippen molar-refractivity contribution in [1.29, 1.82) is 0 Å². The standard InChI is InChI=1S/C9H18N4O/c1-13(7-6-11-12-10)8-4-2-3-5-9(8)14/h8-9,14H,2-7H2,1H3. The van der Waals surface area contributed by atoms with Crippen LogP contribution in [0.4, 0.5) is 0 Å². The van der Waals surface area contributed by atoms with E-state index in [9.17, 15) is 5.11 Å². The third kappa shape index (κ3) is 3.18. The Morgan fingerprint density at radius 3 is 2.86 bits per heavy atom. The molecule has 0 aromatic rings. The van der Waals surface area contributed by atoms with Crippen LogP contribution in [0.25, 0.3) is 10.4 Å². The molecular weight excluding hydrogens is 180 g/mol. The van der Waals surface area contributed by atoms with Gasteiger partial charge in [0.25, 0.3) is 0 Å². The van der Waals surface area contributed by atoms with E-state index < -0.39 is 0 Å². The molecule has 5 nitrogen and oxygen atoms in total. The molecule has 80 valence electrons. The van der Waals surface area contributed by atoms with Gasteiger partial charge in [-0.25, -0.2) is 0 Å². The summed E-state index contributed by atoms with van der Waals surface area (Å²) in [4.78, 5) is 4.80. The van der Waals surface area contributed by atoms with Gasteiger partial charge >= 0.3 is 0 Å². The summed E-state index contributed by atoms with van der Waals surface area (Å²) in [6.07, 6.45) is 4.06. The Balaban J connectivity index is 2.33. The largest absolute Gasteiger partial charge is 0.391 e. The molecular formula is C9H18N4O. The first-order chi connectivity index (χ1) is 6.75. The van der Waals surface area contributed by atoms with Crippen LogP contribution in [0, 0.1) is 0 Å². The van der Waals surface area contributed by atoms with Crippen molar-refractivity contribution in [1.82, 2.24) is 4.90 Å². The van der Waals surface area contributed by atoms with Gasteiger partial charge in [0.05, 0.1) is 6.10 Å². The maximum absolute atomic E-state index is 9.75. The minimum absolute atomic E-state index is 0.209. The lowest BCUT2D eigenvalue weighted by molar-refractivity contribution is 0.0336. The van der Waals surface area contributed by atoms with E-state index >= 15 is 0 Å². The third-order valence-corrected chi connectivity index (χ3v) is 2.88. The zero-order chi connectivity index (χ0) is 10.4. The maximum atomic E-state index is 9.75. The van der Waals surface area contributed by atoms with Crippen molar-refractivity contribution >= 4 is 0 Å². The lowest BCUT2D eigenvalue weighted by atomic mass is 9.92. The molecule has 1 N–H and O–H groups in total. The SMILES string of the molecule is CN(CCN=[N+]=[N-])C1CCCCC1O. The average Bonchev–Trinajstić information content (AvgIpc) is 2.18. The van der Waals surface area contributed by atoms with Crippen LogP contribution in [0.15, 0.2) is 5.11 Å². The van der Waals surface area contributed by atoms with Gasteiger partial charge in [-0.15, -0.1) is 0 Å². The van der Waals surface area contributed by atoms with Gasteiger partial charge in [0.2, 0.25) is 0 Å². The summed E-state index contributed by atoms with van der Waals surface area (Å²) in [5, 5.41) is 13.2. The van der Waals surface area contributed by atoms with Gasteiger partial charge < -0.3 is 10.0 Å². The molecule has 0 aromatic carbocycles. The second-order valence-corrected chi connectivity index (χ2v) is 3.85. The predicted molar refractivity (Wildman–Crippen MR) is 54.9 cm³/mol. The van der Waals surface area contributed by atoms with E-state index in [1.165, 1.54) is 6.42 Å². The third-order valence-electron chi connectivity index (χ3n) is 2.88. The van der Waals surface area contributed by atoms with Crippen LogP contribution >= 0.6 is 0 Å². The number of hydrogen-bond donors (Lipinski definition) is 1. The van der Waals surface area contributed by atoms with Gasteiger partial charge in [0.15, 0.2) is 0 Å². The summed E-state index contributed by atoms with van der Waals surface area (Å²) in [5.41, 5.74) is 8.13. The zero-order valence-electron chi connectivity index (χ0n) is 8.63. The van der Waals surface area contributed by atoms with Crippen molar-refractivity contribution in [3.8, 4) is 0 Å². The van der Waals surface area contributed by atoms with Crippen molar-refractivity contribution in [2.24, 2.45) is 5.11 Å². The Kier molecular flexibility index (Phi) is 4.73. The summed E-state index contributed by atoms with van der Waals surface area (Å²) >= 11 is 0. The Hall–Kier alpha value is -0.770. The molecule has 1 aliphatic rings. The van der Waals surface area contributed by atoms with Gasteiger partial charge in [-0.05, 0) is 25.4 Å². The predicted octanol–water partition coefficient (Wildman–Crippen LogP) is 1.53. The first kappa shape index (κ1) is 11.3. The molecule has 14 heavy (non-hydrogen) atoms. The highest BCUT2D eigenvalue weighted by Crippen LogP contribution is 2.21. The fraction of sp³-hybridized carbons (Fsp3) is 1.00. The van der Waals surface area contributed by atoms with Crippen molar-refractivity contribution in [2.45, 2.75) is 37.8 Å². The molecule has 0 amide bonds. The number of hydrogen-bond acceptors (Lipinski definition) is 3. The van der Waals surface area contributed by atoms with Crippen LogP contribution < -0.4 is 0 Å². The minimum Gasteiger partial charge on any atom is -0.391 e. The second-order valence-electron chi connectivity index (χ2n) is 3.85. The monoisotopic (exact) mass is 198 g/mol. The molecule has 0 radical (unpaired) electrons. The van der Waals surface area contributed by atoms with Gasteiger partial charge in [0, 0.05) is 24.0 Å². The summed E-state index contributed by atoms with van der Waals surface area (Å²) in [6.45, 7) is 1.21. The number of azide groups is 1. The summed E-state index contributed by atoms with van der Waals surface area (Å²) in [5.74, 6) is 0. The number of likely N-dealkylation sites (N-methyl/N-ethyl adjacent to an activating group) is 1. The molecule has 0 spiro atoms. The molecule has 1 rings (SSSR count). The van der Waals surface area contributed by atoms with Crippen LogP contribution in [0.3, 0.4) is 0 Å². The summed E-state index contributed by atoms with van der Waals surface area (Å²) in [6, 6.07) is 0.248. The Morgan fingerprint density at radius 2 is 2.21 bits per heavy atom. The van der Waals surface area contributed by atoms with Crippen molar-refractivity contribution in [2.75, 3.05) is 20.1 Å². The van der Waals surface area contributed by atoms with Crippen LogP contribution in [0.1, 0.15) is 25.7 Å². The highest BCUT2D eigenvalue weighted by Gasteiger charge is 2.25. The Labute approximate surface area is 84.3 Å². The van der Waals surface area contributed by atoms with Crippen LogP contribution in [0.5, 0.6) is 0 Å². The molecule has 0 heterocycles. The highest BCUT2D eigenvalue weighted by atomic mass is 16.3. The lowest BCUT2D eigenvalue weighted by Gasteiger charge is -2.34. The lowest BCUT2D eigenvalue weighted by Crippen LogP contribution is -2.44. The van der Waals surface area contributed by atoms with Gasteiger partial charge in [0.1, 0.15) is 0 Å². The van der Waals surface area contributed by atoms with Crippen LogP contribution in [-0.2, 0) is 0 Å². The second kappa shape index (κ2) is 5.86. The molecule has 5 heteroatoms. The number of aliphatic hydroxyl groups is 1. The van der Waals surface area contributed by atoms with E-state index in [0.717, 1.165) is 25.8 Å². The molecule has 0 bridgehead atoms. The van der Waals surface area contributed by atoms with E-state index in [4.69, 9.17) is 5.53 Å². The highest BCUT2D eigenvalue weighted by molar-refractivity contribution is 4.81. The maximum Gasteiger partial charge on any atom is 0.0695 e. The Bertz CT molecular complexity index is 215. The fourth-order valence-electron chi connectivity index (χ4n) is 2.02. The smallest absolute Gasteiger partial charge is 0.0695 e. The van der Waals surface area contributed by atoms with Gasteiger partial charge in [-0.3, -0.25) is 0 Å². The van der Waals surface area contributed by atoms with E-state index in [1.807, 2.05) is 7.05 Å². The molecule has 2 unspecified atom stereocenters. The van der Waals surface area contributed by atoms with E-state index in [1.54, 1.807) is 0 Å². The molecule has 2 atom stereocenters. The van der Waals surface area contributed by atoms with E-state index in [-0.39, 0.29) is 12.1 Å². The fourth-order valence-corrected chi connectivity index (χ4v) is 2.02. The van der Waals surface area contributed by atoms with Crippen LogP contribution in [0.2, 0.25) is 0 Å². The number of nitrogens with zero attached hydrogens (tertiary/aromatic N) is 4. The topological polar surface area (TPSA) is 72.2 Å². The average molecular weight is 198 g/mol. The zero-order valence-corrected chi connectivity index (χ0v) is 8.63. The molecule has 1 fully saturated rings. The Morgan fingerprint density at radius 1 is 1.50 bits per heavy atom. The first-order valence-corrected chi connectivity index (χ1v) is 5.15. The van der Waals surface area contributed by atoms with Crippen molar-refractivity contribution in [3.63, 3.8) is 0 Å². The number of rotatable bonds is 4. The van der Waals surface area contributed by atoms with Crippen molar-refractivity contribution < 1.29 is 5.11 Å². The minimum atomic E-state index is -0.209. The van der Waals surface area contributed by atoms with Crippen molar-refractivity contribution in [3.05, 3.63) is 10.4 Å². The molecule has 0 aliphatic heterocycles. The first-order valence-electron chi connectivity index (χ1n) is 5.15. The van der Waals surface area contributed by atoms with E-state index in [2.05, 4.69) is 14.9 Å². The molecule has 0 aromatic heterocycles. The van der Waals surface area contributed by atoms with Gasteiger partial charge in [-0.2, -0.15) is 0 Å². The van der Waals surface area contributed by atoms with E-state index in [0.29, 0.717) is 6.54 Å². The van der Waals surface area contributed by atoms with Gasteiger partial charge in [-0.1, -0.05) is 18.0 Å². The van der Waals surface area contributed by atoms with Crippen LogP contribution in [-0.4, -0.2) is 42.3 Å². The summed E-state index contributed by atoms with van der Waals surface area (Å²) in [7, 11) is 1.98. The molecule has 0 saturated heterocycles. The normalized spacial score (nSPS) is 27.4.